The summed E-state index contributed by atoms with van der Waals surface area (Å²) in [4.78, 5) is 19.7. The number of imidazole rings is 1. The molecule has 24 heavy (non-hydrogen) atoms. The van der Waals surface area contributed by atoms with Gasteiger partial charge >= 0.3 is 0 Å². The van der Waals surface area contributed by atoms with Crippen molar-refractivity contribution in [3.63, 3.8) is 0 Å². The first-order valence-electron chi connectivity index (χ1n) is 7.64. The lowest BCUT2D eigenvalue weighted by molar-refractivity contribution is 0.0954. The van der Waals surface area contributed by atoms with Crippen LogP contribution in [0.3, 0.4) is 0 Å². The monoisotopic (exact) mass is 316 g/mol. The minimum absolute atomic E-state index is 0.185. The number of H-pyrrole nitrogens is 1. The molecule has 0 radical (unpaired) electrons. The minimum atomic E-state index is -0.185. The molecule has 1 amide bonds. The Labute approximate surface area is 140 Å². The highest BCUT2D eigenvalue weighted by Gasteiger charge is 2.07. The Morgan fingerprint density at radius 2 is 2.00 bits per heavy atom. The van der Waals surface area contributed by atoms with Gasteiger partial charge in [0.2, 0.25) is 0 Å². The number of amides is 1. The van der Waals surface area contributed by atoms with Gasteiger partial charge in [-0.1, -0.05) is 36.4 Å². The van der Waals surface area contributed by atoms with Crippen molar-refractivity contribution in [2.45, 2.75) is 6.42 Å². The van der Waals surface area contributed by atoms with E-state index in [-0.39, 0.29) is 5.91 Å². The number of carbonyl (C=O) groups is 1. The molecule has 0 aliphatic rings. The van der Waals surface area contributed by atoms with Crippen LogP contribution in [0, 0.1) is 11.3 Å². The fourth-order valence-electron chi connectivity index (χ4n) is 2.37. The topological polar surface area (TPSA) is 81.6 Å². The molecule has 1 heterocycles. The highest BCUT2D eigenvalue weighted by Crippen LogP contribution is 2.14. The van der Waals surface area contributed by atoms with E-state index in [0.717, 1.165) is 17.1 Å². The molecule has 5 heteroatoms. The van der Waals surface area contributed by atoms with Crippen LogP contribution in [-0.4, -0.2) is 22.4 Å². The van der Waals surface area contributed by atoms with Crippen LogP contribution in [0.1, 0.15) is 21.6 Å². The molecule has 118 valence electrons. The fraction of sp³-hybridized carbons (Fsp3) is 0.105. The van der Waals surface area contributed by atoms with E-state index < -0.39 is 0 Å². The van der Waals surface area contributed by atoms with Gasteiger partial charge in [0.1, 0.15) is 5.82 Å². The third kappa shape index (κ3) is 3.68. The molecule has 3 aromatic rings. The molecule has 1 aromatic heterocycles. The van der Waals surface area contributed by atoms with E-state index in [0.29, 0.717) is 24.1 Å². The third-order valence-corrected chi connectivity index (χ3v) is 3.61. The van der Waals surface area contributed by atoms with E-state index in [1.807, 2.05) is 36.4 Å². The van der Waals surface area contributed by atoms with Crippen molar-refractivity contribution >= 4 is 5.91 Å². The first-order valence-corrected chi connectivity index (χ1v) is 7.64. The summed E-state index contributed by atoms with van der Waals surface area (Å²) in [7, 11) is 0. The zero-order valence-electron chi connectivity index (χ0n) is 13.0. The number of carbonyl (C=O) groups excluding carboxylic acids is 1. The second-order valence-electron chi connectivity index (χ2n) is 5.32. The molecule has 0 aliphatic carbocycles. The predicted octanol–water partition coefficient (Wildman–Crippen LogP) is 2.92. The standard InChI is InChI=1S/C19H16N4O/c20-12-14-5-4-8-16(11-14)19(24)21-10-9-17-13-22-18(23-17)15-6-2-1-3-7-15/h1-8,11,13H,9-10H2,(H,21,24)(H,22,23). The number of nitrogens with zero attached hydrogens (tertiary/aromatic N) is 2. The van der Waals surface area contributed by atoms with Gasteiger partial charge in [-0.15, -0.1) is 0 Å². The van der Waals surface area contributed by atoms with E-state index in [1.54, 1.807) is 30.5 Å². The van der Waals surface area contributed by atoms with E-state index in [2.05, 4.69) is 15.3 Å². The number of nitriles is 1. The number of nitrogens with one attached hydrogen (secondary N) is 2. The summed E-state index contributed by atoms with van der Waals surface area (Å²) in [5, 5.41) is 11.7. The van der Waals surface area contributed by atoms with Crippen molar-refractivity contribution in [2.24, 2.45) is 0 Å². The molecular formula is C19H16N4O. The molecule has 0 bridgehead atoms. The SMILES string of the molecule is N#Cc1cccc(C(=O)NCCc2cnc(-c3ccccc3)[nH]2)c1. The van der Waals surface area contributed by atoms with Crippen LogP contribution < -0.4 is 5.32 Å². The Kier molecular flexibility index (Phi) is 4.68. The number of benzene rings is 2. The van der Waals surface area contributed by atoms with Crippen molar-refractivity contribution < 1.29 is 4.79 Å². The maximum atomic E-state index is 12.1. The number of aromatic nitrogens is 2. The second kappa shape index (κ2) is 7.25. The van der Waals surface area contributed by atoms with Crippen molar-refractivity contribution in [1.29, 1.82) is 5.26 Å². The minimum Gasteiger partial charge on any atom is -0.352 e. The number of hydrogen-bond donors (Lipinski definition) is 2. The molecule has 3 rings (SSSR count). The van der Waals surface area contributed by atoms with Gasteiger partial charge in [0.15, 0.2) is 0 Å². The molecule has 0 unspecified atom stereocenters. The zero-order chi connectivity index (χ0) is 16.8. The summed E-state index contributed by atoms with van der Waals surface area (Å²) in [6, 6.07) is 18.6. The summed E-state index contributed by atoms with van der Waals surface area (Å²) in [6.45, 7) is 0.492. The molecule has 0 saturated heterocycles. The summed E-state index contributed by atoms with van der Waals surface area (Å²) in [6.07, 6.45) is 2.44. The lowest BCUT2D eigenvalue weighted by Crippen LogP contribution is -2.25. The Bertz CT molecular complexity index is 878. The van der Waals surface area contributed by atoms with Crippen molar-refractivity contribution in [3.8, 4) is 17.5 Å². The zero-order valence-corrected chi connectivity index (χ0v) is 13.0. The molecule has 2 aromatic carbocycles. The summed E-state index contributed by atoms with van der Waals surface area (Å²) < 4.78 is 0. The average molecular weight is 316 g/mol. The number of hydrogen-bond acceptors (Lipinski definition) is 3. The largest absolute Gasteiger partial charge is 0.352 e. The molecular weight excluding hydrogens is 300 g/mol. The van der Waals surface area contributed by atoms with Crippen LogP contribution >= 0.6 is 0 Å². The van der Waals surface area contributed by atoms with E-state index in [1.165, 1.54) is 0 Å². The highest BCUT2D eigenvalue weighted by molar-refractivity contribution is 5.94. The average Bonchev–Trinajstić information content (AvgIpc) is 3.11. The molecule has 0 aliphatic heterocycles. The summed E-state index contributed by atoms with van der Waals surface area (Å²) in [5.41, 5.74) is 2.95. The number of rotatable bonds is 5. The van der Waals surface area contributed by atoms with Crippen LogP contribution in [0.15, 0.2) is 60.8 Å². The first-order chi connectivity index (χ1) is 11.8. The maximum Gasteiger partial charge on any atom is 0.251 e. The molecule has 5 nitrogen and oxygen atoms in total. The first kappa shape index (κ1) is 15.5. The van der Waals surface area contributed by atoms with Crippen LogP contribution in [0.5, 0.6) is 0 Å². The lowest BCUT2D eigenvalue weighted by atomic mass is 10.1. The molecule has 2 N–H and O–H groups in total. The van der Waals surface area contributed by atoms with Gasteiger partial charge in [-0.3, -0.25) is 4.79 Å². The van der Waals surface area contributed by atoms with Gasteiger partial charge < -0.3 is 10.3 Å². The van der Waals surface area contributed by atoms with Crippen LogP contribution in [0.2, 0.25) is 0 Å². The molecule has 0 atom stereocenters. The van der Waals surface area contributed by atoms with Gasteiger partial charge in [0, 0.05) is 36.0 Å². The van der Waals surface area contributed by atoms with E-state index in [4.69, 9.17) is 5.26 Å². The Morgan fingerprint density at radius 1 is 1.17 bits per heavy atom. The molecule has 0 saturated carbocycles. The van der Waals surface area contributed by atoms with Crippen molar-refractivity contribution in [3.05, 3.63) is 77.6 Å². The van der Waals surface area contributed by atoms with Crippen molar-refractivity contribution in [2.75, 3.05) is 6.54 Å². The molecule has 0 fully saturated rings. The van der Waals surface area contributed by atoms with Gasteiger partial charge in [-0.05, 0) is 18.2 Å². The van der Waals surface area contributed by atoms with E-state index >= 15 is 0 Å². The van der Waals surface area contributed by atoms with Gasteiger partial charge in [0.25, 0.3) is 5.91 Å². The van der Waals surface area contributed by atoms with E-state index in [9.17, 15) is 4.79 Å². The molecule has 0 spiro atoms. The predicted molar refractivity (Wildman–Crippen MR) is 91.2 cm³/mol. The summed E-state index contributed by atoms with van der Waals surface area (Å²) in [5.74, 6) is 0.633. The Hall–Kier alpha value is -3.39. The van der Waals surface area contributed by atoms with Crippen LogP contribution in [0.25, 0.3) is 11.4 Å². The van der Waals surface area contributed by atoms with Gasteiger partial charge in [-0.25, -0.2) is 4.98 Å². The van der Waals surface area contributed by atoms with Crippen molar-refractivity contribution in [1.82, 2.24) is 15.3 Å². The van der Waals surface area contributed by atoms with Gasteiger partial charge in [-0.2, -0.15) is 5.26 Å². The smallest absolute Gasteiger partial charge is 0.251 e. The van der Waals surface area contributed by atoms with Gasteiger partial charge in [0.05, 0.1) is 11.6 Å². The lowest BCUT2D eigenvalue weighted by Gasteiger charge is -2.04. The second-order valence-corrected chi connectivity index (χ2v) is 5.32. The third-order valence-electron chi connectivity index (χ3n) is 3.61. The fourth-order valence-corrected chi connectivity index (χ4v) is 2.37. The normalized spacial score (nSPS) is 10.1. The van der Waals surface area contributed by atoms with Crippen LogP contribution in [-0.2, 0) is 6.42 Å². The Morgan fingerprint density at radius 3 is 2.79 bits per heavy atom. The Balaban J connectivity index is 1.56. The maximum absolute atomic E-state index is 12.1. The highest BCUT2D eigenvalue weighted by atomic mass is 16.1. The van der Waals surface area contributed by atoms with Crippen LogP contribution in [0.4, 0.5) is 0 Å². The summed E-state index contributed by atoms with van der Waals surface area (Å²) >= 11 is 0. The number of aromatic amines is 1. The quantitative estimate of drug-likeness (QED) is 0.759.